The molecule has 0 radical (unpaired) electrons. The predicted molar refractivity (Wildman–Crippen MR) is 75.7 cm³/mol. The number of anilines is 1. The van der Waals surface area contributed by atoms with Gasteiger partial charge in [-0.15, -0.1) is 0 Å². The number of rotatable bonds is 2. The summed E-state index contributed by atoms with van der Waals surface area (Å²) in [5, 5.41) is 8.92. The molecular weight excluding hydrogens is 236 g/mol. The van der Waals surface area contributed by atoms with Crippen LogP contribution in [0.2, 0.25) is 0 Å². The normalized spacial score (nSPS) is 23.1. The molecule has 4 heteroatoms. The lowest BCUT2D eigenvalue weighted by Crippen LogP contribution is -2.40. The van der Waals surface area contributed by atoms with Gasteiger partial charge in [0.2, 0.25) is 0 Å². The molecule has 0 bridgehead atoms. The van der Waals surface area contributed by atoms with Crippen LogP contribution in [0.3, 0.4) is 0 Å². The third-order valence-corrected chi connectivity index (χ3v) is 4.19. The van der Waals surface area contributed by atoms with Gasteiger partial charge in [0.15, 0.2) is 5.69 Å². The van der Waals surface area contributed by atoms with Crippen molar-refractivity contribution in [1.29, 1.82) is 5.26 Å². The quantitative estimate of drug-likeness (QED) is 0.818. The Morgan fingerprint density at radius 1 is 1.32 bits per heavy atom. The first-order chi connectivity index (χ1) is 8.93. The molecule has 2 rings (SSSR count). The Balaban J connectivity index is 2.23. The summed E-state index contributed by atoms with van der Waals surface area (Å²) in [6.45, 7) is 6.92. The van der Waals surface area contributed by atoms with Crippen LogP contribution >= 0.6 is 0 Å². The van der Waals surface area contributed by atoms with Gasteiger partial charge in [-0.3, -0.25) is 4.98 Å². The minimum Gasteiger partial charge on any atom is -0.355 e. The molecule has 0 amide bonds. The molecule has 1 saturated carbocycles. The van der Waals surface area contributed by atoms with Crippen LogP contribution in [-0.4, -0.2) is 23.1 Å². The molecule has 1 fully saturated rings. The van der Waals surface area contributed by atoms with Crippen molar-refractivity contribution in [2.75, 3.05) is 11.9 Å². The molecule has 0 aliphatic heterocycles. The Labute approximate surface area is 115 Å². The van der Waals surface area contributed by atoms with E-state index in [4.69, 9.17) is 5.26 Å². The summed E-state index contributed by atoms with van der Waals surface area (Å²) < 4.78 is 0. The standard InChI is InChI=1S/C15H22N4/c1-15(2,3)12-6-5-7-13(12)19(4)14-10-17-9-11(8-16)18-14/h9-10,12-13H,5-7H2,1-4H3. The average molecular weight is 258 g/mol. The zero-order valence-corrected chi connectivity index (χ0v) is 12.2. The highest BCUT2D eigenvalue weighted by molar-refractivity contribution is 5.39. The van der Waals surface area contributed by atoms with E-state index in [0.717, 1.165) is 5.82 Å². The van der Waals surface area contributed by atoms with E-state index in [-0.39, 0.29) is 0 Å². The summed E-state index contributed by atoms with van der Waals surface area (Å²) in [4.78, 5) is 10.7. The van der Waals surface area contributed by atoms with Crippen molar-refractivity contribution in [2.24, 2.45) is 11.3 Å². The van der Waals surface area contributed by atoms with Crippen molar-refractivity contribution in [3.63, 3.8) is 0 Å². The Bertz CT molecular complexity index is 484. The Morgan fingerprint density at radius 2 is 2.05 bits per heavy atom. The van der Waals surface area contributed by atoms with Crippen LogP contribution in [0, 0.1) is 22.7 Å². The lowest BCUT2D eigenvalue weighted by Gasteiger charge is -2.37. The minimum atomic E-state index is 0.301. The first-order valence-electron chi connectivity index (χ1n) is 6.88. The van der Waals surface area contributed by atoms with Crippen molar-refractivity contribution >= 4 is 5.82 Å². The van der Waals surface area contributed by atoms with Crippen molar-refractivity contribution < 1.29 is 0 Å². The van der Waals surface area contributed by atoms with E-state index in [1.807, 2.05) is 0 Å². The summed E-state index contributed by atoms with van der Waals surface area (Å²) in [6.07, 6.45) is 6.98. The minimum absolute atomic E-state index is 0.301. The van der Waals surface area contributed by atoms with Crippen LogP contribution < -0.4 is 4.90 Å². The van der Waals surface area contributed by atoms with Gasteiger partial charge < -0.3 is 4.90 Å². The summed E-state index contributed by atoms with van der Waals surface area (Å²) in [6, 6.07) is 2.54. The van der Waals surface area contributed by atoms with Crippen LogP contribution in [0.15, 0.2) is 12.4 Å². The largest absolute Gasteiger partial charge is 0.355 e. The number of nitriles is 1. The van der Waals surface area contributed by atoms with Gasteiger partial charge in [0, 0.05) is 13.1 Å². The highest BCUT2D eigenvalue weighted by Crippen LogP contribution is 2.42. The number of aromatic nitrogens is 2. The highest BCUT2D eigenvalue weighted by atomic mass is 15.2. The Hall–Kier alpha value is -1.63. The van der Waals surface area contributed by atoms with E-state index in [1.54, 1.807) is 6.20 Å². The Morgan fingerprint density at radius 3 is 2.68 bits per heavy atom. The second-order valence-electron chi connectivity index (χ2n) is 6.46. The van der Waals surface area contributed by atoms with Gasteiger partial charge in [-0.25, -0.2) is 4.98 Å². The van der Waals surface area contributed by atoms with Crippen LogP contribution in [0.1, 0.15) is 45.7 Å². The predicted octanol–water partition coefficient (Wildman–Crippen LogP) is 3.00. The maximum atomic E-state index is 8.92. The molecule has 2 unspecified atom stereocenters. The van der Waals surface area contributed by atoms with Crippen LogP contribution in [0.4, 0.5) is 5.82 Å². The molecule has 1 aliphatic rings. The zero-order chi connectivity index (χ0) is 14.0. The van der Waals surface area contributed by atoms with Crippen molar-refractivity contribution in [2.45, 2.75) is 46.1 Å². The van der Waals surface area contributed by atoms with Crippen LogP contribution in [-0.2, 0) is 0 Å². The van der Waals surface area contributed by atoms with Crippen molar-refractivity contribution in [1.82, 2.24) is 9.97 Å². The van der Waals surface area contributed by atoms with E-state index < -0.39 is 0 Å². The molecule has 0 aromatic carbocycles. The smallest absolute Gasteiger partial charge is 0.161 e. The molecule has 1 aromatic rings. The number of hydrogen-bond acceptors (Lipinski definition) is 4. The molecule has 0 spiro atoms. The second-order valence-corrected chi connectivity index (χ2v) is 6.46. The maximum Gasteiger partial charge on any atom is 0.161 e. The first kappa shape index (κ1) is 13.8. The monoisotopic (exact) mass is 258 g/mol. The molecule has 2 atom stereocenters. The van der Waals surface area contributed by atoms with Crippen LogP contribution in [0.25, 0.3) is 0 Å². The lowest BCUT2D eigenvalue weighted by molar-refractivity contribution is 0.221. The van der Waals surface area contributed by atoms with Gasteiger partial charge in [0.1, 0.15) is 11.9 Å². The molecule has 19 heavy (non-hydrogen) atoms. The average Bonchev–Trinajstić information content (AvgIpc) is 2.87. The Kier molecular flexibility index (Phi) is 3.75. The molecule has 1 aliphatic carbocycles. The molecule has 1 heterocycles. The van der Waals surface area contributed by atoms with Gasteiger partial charge in [0.05, 0.1) is 12.4 Å². The SMILES string of the molecule is CN(c1cncc(C#N)n1)C1CCCC1C(C)(C)C. The summed E-state index contributed by atoms with van der Waals surface area (Å²) in [5.74, 6) is 1.46. The van der Waals surface area contributed by atoms with E-state index in [2.05, 4.69) is 48.8 Å². The summed E-state index contributed by atoms with van der Waals surface area (Å²) in [7, 11) is 2.07. The zero-order valence-electron chi connectivity index (χ0n) is 12.2. The van der Waals surface area contributed by atoms with Gasteiger partial charge >= 0.3 is 0 Å². The van der Waals surface area contributed by atoms with Crippen molar-refractivity contribution in [3.05, 3.63) is 18.1 Å². The molecule has 4 nitrogen and oxygen atoms in total. The highest BCUT2D eigenvalue weighted by Gasteiger charge is 2.38. The summed E-state index contributed by atoms with van der Waals surface area (Å²) >= 11 is 0. The topological polar surface area (TPSA) is 52.8 Å². The number of hydrogen-bond donors (Lipinski definition) is 0. The van der Waals surface area contributed by atoms with Gasteiger partial charge in [-0.05, 0) is 24.2 Å². The molecular formula is C15H22N4. The number of nitrogens with zero attached hydrogens (tertiary/aromatic N) is 4. The molecule has 102 valence electrons. The molecule has 1 aromatic heterocycles. The first-order valence-corrected chi connectivity index (χ1v) is 6.88. The van der Waals surface area contributed by atoms with E-state index in [9.17, 15) is 0 Å². The van der Waals surface area contributed by atoms with E-state index >= 15 is 0 Å². The third kappa shape index (κ3) is 2.86. The lowest BCUT2D eigenvalue weighted by atomic mass is 9.77. The third-order valence-electron chi connectivity index (χ3n) is 4.19. The van der Waals surface area contributed by atoms with E-state index in [0.29, 0.717) is 23.1 Å². The maximum absolute atomic E-state index is 8.92. The van der Waals surface area contributed by atoms with Gasteiger partial charge in [-0.1, -0.05) is 27.2 Å². The van der Waals surface area contributed by atoms with E-state index in [1.165, 1.54) is 25.5 Å². The van der Waals surface area contributed by atoms with Crippen molar-refractivity contribution in [3.8, 4) is 6.07 Å². The molecule has 0 saturated heterocycles. The fourth-order valence-corrected chi connectivity index (χ4v) is 3.16. The second kappa shape index (κ2) is 5.16. The van der Waals surface area contributed by atoms with Crippen LogP contribution in [0.5, 0.6) is 0 Å². The van der Waals surface area contributed by atoms with Gasteiger partial charge in [-0.2, -0.15) is 5.26 Å². The fraction of sp³-hybridized carbons (Fsp3) is 0.667. The fourth-order valence-electron chi connectivity index (χ4n) is 3.16. The molecule has 0 N–H and O–H groups in total. The summed E-state index contributed by atoms with van der Waals surface area (Å²) in [5.41, 5.74) is 0.685. The van der Waals surface area contributed by atoms with Gasteiger partial charge in [0.25, 0.3) is 0 Å².